The maximum atomic E-state index is 11.8. The zero-order valence-corrected chi connectivity index (χ0v) is 10.9. The van der Waals surface area contributed by atoms with Gasteiger partial charge in [0.05, 0.1) is 10.8 Å². The van der Waals surface area contributed by atoms with Crippen LogP contribution in [-0.2, 0) is 9.59 Å². The van der Waals surface area contributed by atoms with Crippen molar-refractivity contribution in [1.29, 1.82) is 0 Å². The number of fused-ring (bicyclic) bond motifs is 1. The van der Waals surface area contributed by atoms with Gasteiger partial charge in [-0.2, -0.15) is 4.99 Å². The fraction of sp³-hybridized carbons (Fsp3) is 0.400. The van der Waals surface area contributed by atoms with Gasteiger partial charge < -0.3 is 5.11 Å². The summed E-state index contributed by atoms with van der Waals surface area (Å²) in [5.74, 6) is -1.67. The van der Waals surface area contributed by atoms with Gasteiger partial charge in [-0.05, 0) is 24.3 Å². The molecule has 0 aliphatic carbocycles. The highest BCUT2D eigenvalue weighted by molar-refractivity contribution is 8.18. The molecule has 0 saturated heterocycles. The Morgan fingerprint density at radius 1 is 1.47 bits per heavy atom. The van der Waals surface area contributed by atoms with Gasteiger partial charge in [-0.3, -0.25) is 9.59 Å². The fourth-order valence-corrected chi connectivity index (χ4v) is 3.28. The largest absolute Gasteiger partial charge is 0.481 e. The topological polar surface area (TPSA) is 79.1 Å². The van der Waals surface area contributed by atoms with Crippen molar-refractivity contribution in [2.24, 2.45) is 15.9 Å². The Hall–Kier alpha value is -1.08. The minimum absolute atomic E-state index is 0.135. The van der Waals surface area contributed by atoms with E-state index in [0.29, 0.717) is 5.04 Å². The molecule has 0 aromatic heterocycles. The number of rotatable bonds is 2. The lowest BCUT2D eigenvalue weighted by atomic mass is 10.0. The van der Waals surface area contributed by atoms with Crippen LogP contribution in [0, 0.1) is 5.92 Å². The number of amides is 1. The van der Waals surface area contributed by atoms with Gasteiger partial charge >= 0.3 is 5.97 Å². The highest BCUT2D eigenvalue weighted by Crippen LogP contribution is 2.40. The minimum atomic E-state index is -0.947. The van der Waals surface area contributed by atoms with Gasteiger partial charge in [0, 0.05) is 0 Å². The summed E-state index contributed by atoms with van der Waals surface area (Å²) in [5.41, 5.74) is 0.991. The molecule has 0 bridgehead atoms. The molecule has 1 N–H and O–H groups in total. The van der Waals surface area contributed by atoms with Crippen molar-refractivity contribution in [3.63, 3.8) is 0 Å². The van der Waals surface area contributed by atoms with Crippen molar-refractivity contribution in [1.82, 2.24) is 0 Å². The van der Waals surface area contributed by atoms with Crippen LogP contribution in [-0.4, -0.2) is 32.9 Å². The number of hydrogen-bond acceptors (Lipinski definition) is 5. The first-order chi connectivity index (χ1) is 7.99. The third-order valence-corrected chi connectivity index (χ3v) is 4.47. The Morgan fingerprint density at radius 2 is 2.18 bits per heavy atom. The van der Waals surface area contributed by atoms with Crippen LogP contribution in [0.25, 0.3) is 0 Å². The molecule has 1 atom stereocenters. The van der Waals surface area contributed by atoms with E-state index in [1.54, 1.807) is 0 Å². The number of carbonyl (C=O) groups excluding carboxylic acids is 1. The fourth-order valence-electron chi connectivity index (χ4n) is 1.53. The summed E-state index contributed by atoms with van der Waals surface area (Å²) >= 11 is 2.44. The van der Waals surface area contributed by atoms with E-state index in [1.807, 2.05) is 13.8 Å². The number of hydrogen-bond donors (Lipinski definition) is 1. The molecule has 2 rings (SSSR count). The van der Waals surface area contributed by atoms with Gasteiger partial charge in [0.15, 0.2) is 5.17 Å². The number of aliphatic carboxylic acids is 1. The second kappa shape index (κ2) is 4.66. The summed E-state index contributed by atoms with van der Waals surface area (Å²) in [6.45, 7) is 3.84. The van der Waals surface area contributed by atoms with Crippen LogP contribution < -0.4 is 0 Å². The quantitative estimate of drug-likeness (QED) is 0.827. The average molecular weight is 270 g/mol. The lowest BCUT2D eigenvalue weighted by molar-refractivity contribution is -0.133. The molecule has 0 radical (unpaired) electrons. The zero-order chi connectivity index (χ0) is 12.6. The normalized spacial score (nSPS) is 23.4. The highest BCUT2D eigenvalue weighted by atomic mass is 32.2. The van der Waals surface area contributed by atoms with E-state index in [9.17, 15) is 9.59 Å². The third-order valence-electron chi connectivity index (χ3n) is 2.48. The van der Waals surface area contributed by atoms with Crippen molar-refractivity contribution < 1.29 is 14.7 Å². The lowest BCUT2D eigenvalue weighted by Crippen LogP contribution is -2.24. The Labute approximate surface area is 106 Å². The Balaban J connectivity index is 2.17. The Bertz CT molecular complexity index is 494. The molecule has 17 heavy (non-hydrogen) atoms. The average Bonchev–Trinajstić information content (AvgIpc) is 2.52. The second-order valence-electron chi connectivity index (χ2n) is 3.64. The molecular weight excluding hydrogens is 260 g/mol. The van der Waals surface area contributed by atoms with Crippen LogP contribution in [0.3, 0.4) is 0 Å². The van der Waals surface area contributed by atoms with E-state index in [0.717, 1.165) is 22.2 Å². The first-order valence-corrected chi connectivity index (χ1v) is 6.70. The summed E-state index contributed by atoms with van der Waals surface area (Å²) in [5, 5.41) is 9.52. The maximum Gasteiger partial charge on any atom is 0.313 e. The van der Waals surface area contributed by atoms with Gasteiger partial charge in [0.1, 0.15) is 5.92 Å². The summed E-state index contributed by atoms with van der Waals surface area (Å²) < 4.78 is 0. The van der Waals surface area contributed by atoms with Gasteiger partial charge in [-0.1, -0.05) is 23.5 Å². The van der Waals surface area contributed by atoms with Gasteiger partial charge in [-0.25, -0.2) is 4.99 Å². The molecule has 90 valence electrons. The van der Waals surface area contributed by atoms with E-state index >= 15 is 0 Å². The molecule has 1 amide bonds. The number of aliphatic imine (C=N–C) groups is 2. The van der Waals surface area contributed by atoms with Gasteiger partial charge in [0.25, 0.3) is 5.91 Å². The van der Waals surface area contributed by atoms with E-state index in [4.69, 9.17) is 5.11 Å². The van der Waals surface area contributed by atoms with Crippen LogP contribution in [0.5, 0.6) is 0 Å². The molecule has 1 unspecified atom stereocenters. The molecular formula is C10H10N2O3S2. The maximum absolute atomic E-state index is 11.8. The Morgan fingerprint density at radius 3 is 2.82 bits per heavy atom. The van der Waals surface area contributed by atoms with Crippen LogP contribution in [0.15, 0.2) is 20.5 Å². The van der Waals surface area contributed by atoms with Crippen LogP contribution in [0.2, 0.25) is 0 Å². The number of nitrogens with zero attached hydrogens (tertiary/aromatic N) is 2. The van der Waals surface area contributed by atoms with Gasteiger partial charge in [0.2, 0.25) is 0 Å². The SMILES string of the molecule is CC1=C(C)C2C(=O)N=C(SCC(=O)O)N=C2S1. The van der Waals surface area contributed by atoms with E-state index in [-0.39, 0.29) is 22.7 Å². The summed E-state index contributed by atoms with van der Waals surface area (Å²) in [6.07, 6.45) is 0. The monoisotopic (exact) mass is 270 g/mol. The van der Waals surface area contributed by atoms with Crippen LogP contribution in [0.1, 0.15) is 13.8 Å². The molecule has 0 aromatic rings. The highest BCUT2D eigenvalue weighted by Gasteiger charge is 2.36. The first kappa shape index (κ1) is 12.4. The number of allylic oxidation sites excluding steroid dienone is 1. The molecule has 7 heteroatoms. The minimum Gasteiger partial charge on any atom is -0.481 e. The van der Waals surface area contributed by atoms with E-state index < -0.39 is 5.97 Å². The number of thioether (sulfide) groups is 2. The van der Waals surface area contributed by atoms with E-state index in [2.05, 4.69) is 9.98 Å². The summed E-state index contributed by atoms with van der Waals surface area (Å²) in [6, 6.07) is 0. The molecule has 2 aliphatic rings. The second-order valence-corrected chi connectivity index (χ2v) is 5.82. The molecule has 2 aliphatic heterocycles. The number of amidine groups is 1. The predicted molar refractivity (Wildman–Crippen MR) is 69.4 cm³/mol. The van der Waals surface area contributed by atoms with Crippen molar-refractivity contribution in [3.8, 4) is 0 Å². The molecule has 0 aromatic carbocycles. The van der Waals surface area contributed by atoms with Crippen LogP contribution >= 0.6 is 23.5 Å². The van der Waals surface area contributed by atoms with Crippen LogP contribution in [0.4, 0.5) is 0 Å². The van der Waals surface area contributed by atoms with Crippen molar-refractivity contribution in [3.05, 3.63) is 10.5 Å². The molecule has 2 heterocycles. The standard InChI is InChI=1S/C10H10N2O3S2/c1-4-5(2)17-9-7(4)8(15)11-10(12-9)16-3-6(13)14/h7H,3H2,1-2H3,(H,13,14). The zero-order valence-electron chi connectivity index (χ0n) is 9.26. The number of carboxylic acids is 1. The molecule has 0 fully saturated rings. The predicted octanol–water partition coefficient (Wildman–Crippen LogP) is 1.76. The first-order valence-electron chi connectivity index (χ1n) is 4.90. The molecule has 5 nitrogen and oxygen atoms in total. The molecule has 0 spiro atoms. The third kappa shape index (κ3) is 2.44. The van der Waals surface area contributed by atoms with Crippen molar-refractivity contribution >= 4 is 45.6 Å². The van der Waals surface area contributed by atoms with E-state index in [1.165, 1.54) is 11.8 Å². The summed E-state index contributed by atoms with van der Waals surface area (Å²) in [7, 11) is 0. The molecule has 0 saturated carbocycles. The smallest absolute Gasteiger partial charge is 0.313 e. The van der Waals surface area contributed by atoms with Gasteiger partial charge in [-0.15, -0.1) is 0 Å². The lowest BCUT2D eigenvalue weighted by Gasteiger charge is -2.13. The van der Waals surface area contributed by atoms with Crippen molar-refractivity contribution in [2.75, 3.05) is 5.75 Å². The number of carbonyl (C=O) groups is 2. The Kier molecular flexibility index (Phi) is 3.39. The van der Waals surface area contributed by atoms with Crippen molar-refractivity contribution in [2.45, 2.75) is 13.8 Å². The number of carboxylic acid groups (broad SMARTS) is 1. The summed E-state index contributed by atoms with van der Waals surface area (Å²) in [4.78, 5) is 31.4.